The van der Waals surface area contributed by atoms with E-state index in [1.807, 2.05) is 6.07 Å². The monoisotopic (exact) mass is 440 g/mol. The first-order chi connectivity index (χ1) is 13.5. The topological polar surface area (TPSA) is 67.4 Å². The molecule has 1 aromatic carbocycles. The average molecular weight is 441 g/mol. The summed E-state index contributed by atoms with van der Waals surface area (Å²) in [5, 5.41) is 6.72. The Bertz CT molecular complexity index is 863. The van der Waals surface area contributed by atoms with Crippen molar-refractivity contribution in [2.75, 3.05) is 12.4 Å². The lowest BCUT2D eigenvalue weighted by molar-refractivity contribution is -0.120. The van der Waals surface area contributed by atoms with Crippen molar-refractivity contribution in [1.29, 1.82) is 0 Å². The molecular weight excluding hydrogens is 419 g/mol. The molecule has 0 unspecified atom stereocenters. The Morgan fingerprint density at radius 2 is 1.93 bits per heavy atom. The number of ether oxygens (including phenoxy) is 1. The van der Waals surface area contributed by atoms with Crippen LogP contribution in [0, 0.1) is 5.92 Å². The summed E-state index contributed by atoms with van der Waals surface area (Å²) in [5.41, 5.74) is 1.21. The summed E-state index contributed by atoms with van der Waals surface area (Å²) in [6.45, 7) is 0.298. The highest BCUT2D eigenvalue weighted by molar-refractivity contribution is 7.20. The summed E-state index contributed by atoms with van der Waals surface area (Å²) in [6.07, 6.45) is 5.11. The van der Waals surface area contributed by atoms with Crippen molar-refractivity contribution in [2.24, 2.45) is 5.92 Å². The minimum absolute atomic E-state index is 0.00646. The van der Waals surface area contributed by atoms with Gasteiger partial charge in [-0.2, -0.15) is 0 Å². The minimum atomic E-state index is -0.297. The molecule has 0 spiro atoms. The van der Waals surface area contributed by atoms with E-state index in [1.54, 1.807) is 25.3 Å². The zero-order chi connectivity index (χ0) is 20.1. The summed E-state index contributed by atoms with van der Waals surface area (Å²) in [4.78, 5) is 25.2. The SMILES string of the molecule is COc1ccc(CNC(=O)c2cc(Cl)sc2NC(=O)C2CCCCC2)cc1Cl. The molecule has 3 rings (SSSR count). The van der Waals surface area contributed by atoms with Crippen LogP contribution in [-0.2, 0) is 11.3 Å². The first-order valence-corrected chi connectivity index (χ1v) is 10.8. The second kappa shape index (κ2) is 9.63. The lowest BCUT2D eigenvalue weighted by atomic mass is 9.89. The Labute approximate surface area is 178 Å². The number of nitrogens with one attached hydrogen (secondary N) is 2. The van der Waals surface area contributed by atoms with Crippen molar-refractivity contribution in [3.8, 4) is 5.75 Å². The van der Waals surface area contributed by atoms with Gasteiger partial charge >= 0.3 is 0 Å². The van der Waals surface area contributed by atoms with Crippen molar-refractivity contribution < 1.29 is 14.3 Å². The van der Waals surface area contributed by atoms with Gasteiger partial charge in [-0.3, -0.25) is 9.59 Å². The molecule has 0 atom stereocenters. The van der Waals surface area contributed by atoms with Crippen LogP contribution < -0.4 is 15.4 Å². The zero-order valence-electron chi connectivity index (χ0n) is 15.5. The van der Waals surface area contributed by atoms with Gasteiger partial charge in [-0.25, -0.2) is 0 Å². The largest absolute Gasteiger partial charge is 0.495 e. The van der Waals surface area contributed by atoms with Crippen molar-refractivity contribution in [1.82, 2.24) is 5.32 Å². The summed E-state index contributed by atoms with van der Waals surface area (Å²) in [6, 6.07) is 6.91. The van der Waals surface area contributed by atoms with Gasteiger partial charge in [0.25, 0.3) is 5.91 Å². The number of anilines is 1. The lowest BCUT2D eigenvalue weighted by Gasteiger charge is -2.20. The van der Waals surface area contributed by atoms with Gasteiger partial charge < -0.3 is 15.4 Å². The average Bonchev–Trinajstić information content (AvgIpc) is 3.07. The predicted octanol–water partition coefficient (Wildman–Crippen LogP) is 5.51. The molecule has 0 saturated heterocycles. The first kappa shape index (κ1) is 21.0. The third kappa shape index (κ3) is 5.19. The van der Waals surface area contributed by atoms with Crippen LogP contribution in [0.15, 0.2) is 24.3 Å². The highest BCUT2D eigenvalue weighted by atomic mass is 35.5. The molecule has 150 valence electrons. The number of rotatable bonds is 6. The molecule has 5 nitrogen and oxygen atoms in total. The Balaban J connectivity index is 1.65. The van der Waals surface area contributed by atoms with Crippen LogP contribution in [0.2, 0.25) is 9.36 Å². The molecule has 0 radical (unpaired) electrons. The van der Waals surface area contributed by atoms with Crippen LogP contribution >= 0.6 is 34.5 Å². The van der Waals surface area contributed by atoms with Crippen molar-refractivity contribution in [2.45, 2.75) is 38.6 Å². The van der Waals surface area contributed by atoms with Crippen LogP contribution in [0.5, 0.6) is 5.75 Å². The Hall–Kier alpha value is -1.76. The Morgan fingerprint density at radius 3 is 2.61 bits per heavy atom. The number of methoxy groups -OCH3 is 1. The molecule has 0 bridgehead atoms. The molecule has 1 fully saturated rings. The normalized spacial score (nSPS) is 14.5. The van der Waals surface area contributed by atoms with E-state index in [0.29, 0.717) is 32.2 Å². The third-order valence-corrected chi connectivity index (χ3v) is 6.30. The smallest absolute Gasteiger partial charge is 0.254 e. The van der Waals surface area contributed by atoms with Gasteiger partial charge in [0.1, 0.15) is 10.8 Å². The number of carbonyl (C=O) groups excluding carboxylic acids is 2. The van der Waals surface area contributed by atoms with Crippen molar-refractivity contribution in [3.05, 3.63) is 44.8 Å². The molecule has 2 aromatic rings. The highest BCUT2D eigenvalue weighted by Gasteiger charge is 2.24. The number of amides is 2. The van der Waals surface area contributed by atoms with Gasteiger partial charge in [-0.15, -0.1) is 11.3 Å². The molecule has 1 heterocycles. The number of hydrogen-bond acceptors (Lipinski definition) is 4. The van der Waals surface area contributed by atoms with Gasteiger partial charge in [0.05, 0.1) is 22.0 Å². The molecule has 2 N–H and O–H groups in total. The summed E-state index contributed by atoms with van der Waals surface area (Å²) in [5.74, 6) is 0.254. The van der Waals surface area contributed by atoms with Gasteiger partial charge in [0.15, 0.2) is 0 Å². The Kier molecular flexibility index (Phi) is 7.21. The van der Waals surface area contributed by atoms with E-state index in [0.717, 1.165) is 31.2 Å². The standard InChI is InChI=1S/C20H22Cl2N2O3S/c1-27-16-8-7-12(9-15(16)21)11-23-19(26)14-10-17(22)28-20(14)24-18(25)13-5-3-2-4-6-13/h7-10,13H,2-6,11H2,1H3,(H,23,26)(H,24,25). The number of thiophene rings is 1. The molecule has 28 heavy (non-hydrogen) atoms. The minimum Gasteiger partial charge on any atom is -0.495 e. The van der Waals surface area contributed by atoms with E-state index in [2.05, 4.69) is 10.6 Å². The maximum atomic E-state index is 12.6. The fraction of sp³-hybridized carbons (Fsp3) is 0.400. The fourth-order valence-corrected chi connectivity index (χ4v) is 4.70. The quantitative estimate of drug-likeness (QED) is 0.621. The Morgan fingerprint density at radius 1 is 1.18 bits per heavy atom. The van der Waals surface area contributed by atoms with Gasteiger partial charge in [-0.05, 0) is 36.6 Å². The van der Waals surface area contributed by atoms with Crippen LogP contribution in [0.3, 0.4) is 0 Å². The van der Waals surface area contributed by atoms with Crippen molar-refractivity contribution in [3.63, 3.8) is 0 Å². The zero-order valence-corrected chi connectivity index (χ0v) is 17.8. The van der Waals surface area contributed by atoms with E-state index >= 15 is 0 Å². The molecular formula is C20H22Cl2N2O3S. The third-order valence-electron chi connectivity index (χ3n) is 4.83. The fourth-order valence-electron chi connectivity index (χ4n) is 3.30. The molecule has 2 amide bonds. The second-order valence-corrected chi connectivity index (χ2v) is 8.86. The number of hydrogen-bond donors (Lipinski definition) is 2. The van der Waals surface area contributed by atoms with E-state index in [1.165, 1.54) is 17.8 Å². The van der Waals surface area contributed by atoms with Crippen LogP contribution in [0.25, 0.3) is 0 Å². The van der Waals surface area contributed by atoms with Crippen LogP contribution in [0.1, 0.15) is 48.0 Å². The molecule has 8 heteroatoms. The predicted molar refractivity (Wildman–Crippen MR) is 114 cm³/mol. The van der Waals surface area contributed by atoms with Gasteiger partial charge in [-0.1, -0.05) is 48.5 Å². The van der Waals surface area contributed by atoms with Gasteiger partial charge in [0.2, 0.25) is 5.91 Å². The van der Waals surface area contributed by atoms with E-state index in [-0.39, 0.29) is 17.7 Å². The summed E-state index contributed by atoms with van der Waals surface area (Å²) >= 11 is 13.4. The van der Waals surface area contributed by atoms with Crippen LogP contribution in [0.4, 0.5) is 5.00 Å². The van der Waals surface area contributed by atoms with Crippen molar-refractivity contribution >= 4 is 51.4 Å². The molecule has 0 aliphatic heterocycles. The maximum Gasteiger partial charge on any atom is 0.254 e. The van der Waals surface area contributed by atoms with Crippen LogP contribution in [-0.4, -0.2) is 18.9 Å². The van der Waals surface area contributed by atoms with E-state index in [9.17, 15) is 9.59 Å². The summed E-state index contributed by atoms with van der Waals surface area (Å²) in [7, 11) is 1.55. The first-order valence-electron chi connectivity index (χ1n) is 9.18. The molecule has 1 saturated carbocycles. The molecule has 1 aliphatic rings. The summed E-state index contributed by atoms with van der Waals surface area (Å²) < 4.78 is 5.58. The highest BCUT2D eigenvalue weighted by Crippen LogP contribution is 2.33. The molecule has 1 aromatic heterocycles. The number of halogens is 2. The number of carbonyl (C=O) groups is 2. The maximum absolute atomic E-state index is 12.6. The number of benzene rings is 1. The van der Waals surface area contributed by atoms with Gasteiger partial charge in [0, 0.05) is 12.5 Å². The lowest BCUT2D eigenvalue weighted by Crippen LogP contribution is -2.27. The van der Waals surface area contributed by atoms with E-state index < -0.39 is 0 Å². The molecule has 1 aliphatic carbocycles. The second-order valence-electron chi connectivity index (χ2n) is 6.77. The van der Waals surface area contributed by atoms with E-state index in [4.69, 9.17) is 27.9 Å².